The summed E-state index contributed by atoms with van der Waals surface area (Å²) in [7, 11) is 1.55. The van der Waals surface area contributed by atoms with Crippen LogP contribution < -0.4 is 10.1 Å². The highest BCUT2D eigenvalue weighted by Gasteiger charge is 2.09. The molecule has 0 heterocycles. The summed E-state index contributed by atoms with van der Waals surface area (Å²) in [4.78, 5) is 22.9. The maximum Gasteiger partial charge on any atom is 0.335 e. The molecule has 108 valence electrons. The Hall–Kier alpha value is -2.82. The summed E-state index contributed by atoms with van der Waals surface area (Å²) >= 11 is 0. The van der Waals surface area contributed by atoms with E-state index in [0.29, 0.717) is 11.4 Å². The molecule has 21 heavy (non-hydrogen) atoms. The predicted octanol–water partition coefficient (Wildman–Crippen LogP) is 2.57. The molecular formula is C16H15NO4. The summed E-state index contributed by atoms with van der Waals surface area (Å²) < 4.78 is 5.19. The van der Waals surface area contributed by atoms with Crippen LogP contribution in [0.4, 0.5) is 5.69 Å². The molecular weight excluding hydrogens is 270 g/mol. The lowest BCUT2D eigenvalue weighted by molar-refractivity contribution is -0.115. The van der Waals surface area contributed by atoms with Gasteiger partial charge in [0.25, 0.3) is 0 Å². The highest BCUT2D eigenvalue weighted by molar-refractivity contribution is 5.95. The van der Waals surface area contributed by atoms with Crippen LogP contribution in [0.25, 0.3) is 0 Å². The van der Waals surface area contributed by atoms with Gasteiger partial charge >= 0.3 is 5.97 Å². The molecule has 2 aromatic carbocycles. The van der Waals surface area contributed by atoms with Crippen LogP contribution in [-0.4, -0.2) is 24.1 Å². The van der Waals surface area contributed by atoms with E-state index >= 15 is 0 Å². The van der Waals surface area contributed by atoms with Gasteiger partial charge in [-0.1, -0.05) is 24.3 Å². The monoisotopic (exact) mass is 285 g/mol. The van der Waals surface area contributed by atoms with Crippen molar-refractivity contribution >= 4 is 17.6 Å². The number of nitrogens with one attached hydrogen (secondary N) is 1. The fourth-order valence-electron chi connectivity index (χ4n) is 1.96. The lowest BCUT2D eigenvalue weighted by Crippen LogP contribution is -2.15. The van der Waals surface area contributed by atoms with Crippen LogP contribution in [0.2, 0.25) is 0 Å². The zero-order chi connectivity index (χ0) is 15.2. The fourth-order valence-corrected chi connectivity index (χ4v) is 1.96. The van der Waals surface area contributed by atoms with E-state index in [1.165, 1.54) is 12.1 Å². The smallest absolute Gasteiger partial charge is 0.335 e. The SMILES string of the molecule is COc1ccccc1CC(=O)Nc1cccc(C(=O)O)c1. The normalized spacial score (nSPS) is 9.95. The van der Waals surface area contributed by atoms with Crippen molar-refractivity contribution in [3.63, 3.8) is 0 Å². The Morgan fingerprint density at radius 3 is 2.62 bits per heavy atom. The molecule has 5 heteroatoms. The number of hydrogen-bond donors (Lipinski definition) is 2. The van der Waals surface area contributed by atoms with Crippen LogP contribution in [0, 0.1) is 0 Å². The Morgan fingerprint density at radius 1 is 1.14 bits per heavy atom. The number of hydrogen-bond acceptors (Lipinski definition) is 3. The van der Waals surface area contributed by atoms with Crippen LogP contribution in [0.3, 0.4) is 0 Å². The Bertz CT molecular complexity index is 667. The van der Waals surface area contributed by atoms with E-state index in [0.717, 1.165) is 5.56 Å². The van der Waals surface area contributed by atoms with Crippen LogP contribution >= 0.6 is 0 Å². The summed E-state index contributed by atoms with van der Waals surface area (Å²) in [6.07, 6.45) is 0.154. The van der Waals surface area contributed by atoms with Crippen molar-refractivity contribution in [1.29, 1.82) is 0 Å². The quantitative estimate of drug-likeness (QED) is 0.885. The van der Waals surface area contributed by atoms with E-state index in [9.17, 15) is 9.59 Å². The molecule has 0 atom stereocenters. The highest BCUT2D eigenvalue weighted by Crippen LogP contribution is 2.18. The van der Waals surface area contributed by atoms with Crippen LogP contribution in [-0.2, 0) is 11.2 Å². The highest BCUT2D eigenvalue weighted by atomic mass is 16.5. The second-order valence-electron chi connectivity index (χ2n) is 4.42. The van der Waals surface area contributed by atoms with E-state index in [1.54, 1.807) is 25.3 Å². The number of aromatic carboxylic acids is 1. The molecule has 0 saturated carbocycles. The molecule has 0 saturated heterocycles. The van der Waals surface area contributed by atoms with E-state index in [2.05, 4.69) is 5.32 Å². The number of carbonyl (C=O) groups is 2. The van der Waals surface area contributed by atoms with Crippen molar-refractivity contribution in [2.24, 2.45) is 0 Å². The van der Waals surface area contributed by atoms with Crippen molar-refractivity contribution < 1.29 is 19.4 Å². The first kappa shape index (κ1) is 14.6. The first-order valence-corrected chi connectivity index (χ1v) is 6.35. The van der Waals surface area contributed by atoms with Crippen molar-refractivity contribution in [1.82, 2.24) is 0 Å². The van der Waals surface area contributed by atoms with Gasteiger partial charge in [0.2, 0.25) is 5.91 Å². The van der Waals surface area contributed by atoms with Gasteiger partial charge in [0.05, 0.1) is 19.1 Å². The van der Waals surface area contributed by atoms with Crippen molar-refractivity contribution in [2.45, 2.75) is 6.42 Å². The molecule has 0 aliphatic carbocycles. The summed E-state index contributed by atoms with van der Waals surface area (Å²) in [5.74, 6) is -0.621. The molecule has 0 unspecified atom stereocenters. The molecule has 0 fully saturated rings. The van der Waals surface area contributed by atoms with E-state index in [1.807, 2.05) is 18.2 Å². The fraction of sp³-hybridized carbons (Fsp3) is 0.125. The molecule has 0 bridgehead atoms. The summed E-state index contributed by atoms with van der Waals surface area (Å²) in [5, 5.41) is 11.6. The van der Waals surface area contributed by atoms with E-state index in [4.69, 9.17) is 9.84 Å². The summed E-state index contributed by atoms with van der Waals surface area (Å²) in [5.41, 5.74) is 1.35. The minimum absolute atomic E-state index is 0.130. The summed E-state index contributed by atoms with van der Waals surface area (Å²) in [6, 6.07) is 13.4. The average Bonchev–Trinajstić information content (AvgIpc) is 2.48. The van der Waals surface area contributed by atoms with Crippen LogP contribution in [0.15, 0.2) is 48.5 Å². The molecule has 0 aliphatic rings. The van der Waals surface area contributed by atoms with Gasteiger partial charge < -0.3 is 15.2 Å². The van der Waals surface area contributed by atoms with Crippen molar-refractivity contribution in [3.05, 3.63) is 59.7 Å². The third-order valence-electron chi connectivity index (χ3n) is 2.94. The number of rotatable bonds is 5. The topological polar surface area (TPSA) is 75.6 Å². The summed E-state index contributed by atoms with van der Waals surface area (Å²) in [6.45, 7) is 0. The maximum absolute atomic E-state index is 12.0. The molecule has 5 nitrogen and oxygen atoms in total. The molecule has 0 radical (unpaired) electrons. The molecule has 0 aromatic heterocycles. The van der Waals surface area contributed by atoms with E-state index in [-0.39, 0.29) is 17.9 Å². The minimum Gasteiger partial charge on any atom is -0.496 e. The zero-order valence-electron chi connectivity index (χ0n) is 11.5. The second-order valence-corrected chi connectivity index (χ2v) is 4.42. The molecule has 1 amide bonds. The molecule has 2 aromatic rings. The molecule has 0 aliphatic heterocycles. The lowest BCUT2D eigenvalue weighted by atomic mass is 10.1. The third kappa shape index (κ3) is 3.82. The van der Waals surface area contributed by atoms with Crippen LogP contribution in [0.1, 0.15) is 15.9 Å². The largest absolute Gasteiger partial charge is 0.496 e. The molecule has 2 rings (SSSR count). The zero-order valence-corrected chi connectivity index (χ0v) is 11.5. The van der Waals surface area contributed by atoms with Gasteiger partial charge in [0, 0.05) is 11.3 Å². The van der Waals surface area contributed by atoms with Gasteiger partial charge in [-0.25, -0.2) is 4.79 Å². The number of para-hydroxylation sites is 1. The number of carboxylic acid groups (broad SMARTS) is 1. The standard InChI is InChI=1S/C16H15NO4/c1-21-14-8-3-2-5-11(14)10-15(18)17-13-7-4-6-12(9-13)16(19)20/h2-9H,10H2,1H3,(H,17,18)(H,19,20). The van der Waals surface area contributed by atoms with Gasteiger partial charge in [-0.2, -0.15) is 0 Å². The molecule has 0 spiro atoms. The number of anilines is 1. The number of ether oxygens (including phenoxy) is 1. The van der Waals surface area contributed by atoms with Crippen LogP contribution in [0.5, 0.6) is 5.75 Å². The average molecular weight is 285 g/mol. The van der Waals surface area contributed by atoms with E-state index < -0.39 is 5.97 Å². The Morgan fingerprint density at radius 2 is 1.90 bits per heavy atom. The van der Waals surface area contributed by atoms with Gasteiger partial charge in [-0.15, -0.1) is 0 Å². The molecule has 2 N–H and O–H groups in total. The maximum atomic E-state index is 12.0. The Kier molecular flexibility index (Phi) is 4.56. The van der Waals surface area contributed by atoms with Crippen molar-refractivity contribution in [2.75, 3.05) is 12.4 Å². The third-order valence-corrected chi connectivity index (χ3v) is 2.94. The number of benzene rings is 2. The first-order chi connectivity index (χ1) is 10.1. The second kappa shape index (κ2) is 6.56. The number of amides is 1. The predicted molar refractivity (Wildman–Crippen MR) is 78.7 cm³/mol. The van der Waals surface area contributed by atoms with Gasteiger partial charge in [-0.3, -0.25) is 4.79 Å². The van der Waals surface area contributed by atoms with Crippen molar-refractivity contribution in [3.8, 4) is 5.75 Å². The number of methoxy groups -OCH3 is 1. The number of carbonyl (C=O) groups excluding carboxylic acids is 1. The first-order valence-electron chi connectivity index (χ1n) is 6.35. The van der Waals surface area contributed by atoms with Gasteiger partial charge in [0.15, 0.2) is 0 Å². The van der Waals surface area contributed by atoms with Gasteiger partial charge in [0.1, 0.15) is 5.75 Å². The Labute approximate surface area is 122 Å². The van der Waals surface area contributed by atoms with Gasteiger partial charge in [-0.05, 0) is 24.3 Å². The number of carboxylic acids is 1. The lowest BCUT2D eigenvalue weighted by Gasteiger charge is -2.09. The minimum atomic E-state index is -1.03. The Balaban J connectivity index is 2.08.